The lowest BCUT2D eigenvalue weighted by atomic mass is 10.2. The number of hydrogen-bond donors (Lipinski definition) is 1. The molecule has 0 spiro atoms. The van der Waals surface area contributed by atoms with Gasteiger partial charge in [-0.05, 0) is 60.9 Å². The first-order valence-corrected chi connectivity index (χ1v) is 12.2. The van der Waals surface area contributed by atoms with E-state index < -0.39 is 0 Å². The molecule has 1 N–H and O–H groups in total. The molecular weight excluding hydrogens is 456 g/mol. The third-order valence-electron chi connectivity index (χ3n) is 4.58. The molecule has 0 saturated carbocycles. The highest BCUT2D eigenvalue weighted by Crippen LogP contribution is 2.29. The highest BCUT2D eigenvalue weighted by atomic mass is 35.5. The number of halogens is 1. The van der Waals surface area contributed by atoms with Gasteiger partial charge in [0.25, 0.3) is 0 Å². The van der Waals surface area contributed by atoms with E-state index in [0.717, 1.165) is 16.9 Å². The molecule has 0 aliphatic carbocycles. The Labute approximate surface area is 204 Å². The Morgan fingerprint density at radius 2 is 1.85 bits per heavy atom. The molecule has 3 aromatic rings. The van der Waals surface area contributed by atoms with Crippen molar-refractivity contribution >= 4 is 35.5 Å². The van der Waals surface area contributed by atoms with Crippen LogP contribution in [0.25, 0.3) is 0 Å². The summed E-state index contributed by atoms with van der Waals surface area (Å²) in [6, 6.07) is 21.4. The summed E-state index contributed by atoms with van der Waals surface area (Å²) in [7, 11) is 0. The summed E-state index contributed by atoms with van der Waals surface area (Å²) in [6.07, 6.45) is 1.59. The number of nitrogens with zero attached hydrogens (tertiary/aromatic N) is 1. The smallest absolute Gasteiger partial charge is 0.250 e. The number of nitrogens with one attached hydrogen (secondary N) is 1. The first-order valence-electron chi connectivity index (χ1n) is 10.6. The minimum absolute atomic E-state index is 0.144. The zero-order valence-electron chi connectivity index (χ0n) is 18.7. The highest BCUT2D eigenvalue weighted by Gasteiger charge is 2.07. The van der Waals surface area contributed by atoms with E-state index in [1.54, 1.807) is 18.0 Å². The molecule has 0 aromatic heterocycles. The van der Waals surface area contributed by atoms with Crippen LogP contribution in [-0.4, -0.2) is 24.5 Å². The van der Waals surface area contributed by atoms with Crippen LogP contribution in [0, 0.1) is 6.92 Å². The van der Waals surface area contributed by atoms with Gasteiger partial charge in [0.2, 0.25) is 5.91 Å². The van der Waals surface area contributed by atoms with E-state index in [1.165, 1.54) is 11.1 Å². The van der Waals surface area contributed by atoms with Crippen molar-refractivity contribution in [2.24, 2.45) is 5.10 Å². The van der Waals surface area contributed by atoms with E-state index in [4.69, 9.17) is 21.1 Å². The van der Waals surface area contributed by atoms with Gasteiger partial charge in [-0.15, -0.1) is 11.8 Å². The number of ether oxygens (including phenoxy) is 2. The molecule has 0 saturated heterocycles. The van der Waals surface area contributed by atoms with Gasteiger partial charge in [0.05, 0.1) is 18.6 Å². The largest absolute Gasteiger partial charge is 0.490 e. The summed E-state index contributed by atoms with van der Waals surface area (Å²) in [5.74, 6) is 2.22. The van der Waals surface area contributed by atoms with Crippen LogP contribution >= 0.6 is 23.4 Å². The van der Waals surface area contributed by atoms with E-state index in [-0.39, 0.29) is 5.91 Å². The van der Waals surface area contributed by atoms with Crippen molar-refractivity contribution in [3.63, 3.8) is 0 Å². The highest BCUT2D eigenvalue weighted by molar-refractivity contribution is 7.99. The molecule has 1 amide bonds. The molecule has 0 fully saturated rings. The number of carbonyl (C=O) groups is 1. The number of hydrazone groups is 1. The molecule has 0 unspecified atom stereocenters. The second kappa shape index (κ2) is 12.9. The van der Waals surface area contributed by atoms with Crippen molar-refractivity contribution in [1.29, 1.82) is 0 Å². The van der Waals surface area contributed by atoms with Gasteiger partial charge in [-0.3, -0.25) is 4.79 Å². The third-order valence-corrected chi connectivity index (χ3v) is 5.82. The van der Waals surface area contributed by atoms with Crippen molar-refractivity contribution in [2.45, 2.75) is 26.2 Å². The number of benzene rings is 3. The Hall–Kier alpha value is -2.96. The first kappa shape index (κ1) is 24.7. The molecule has 0 radical (unpaired) electrons. The first-order chi connectivity index (χ1) is 16.0. The van der Waals surface area contributed by atoms with Crippen molar-refractivity contribution in [1.82, 2.24) is 5.43 Å². The Morgan fingerprint density at radius 3 is 2.61 bits per heavy atom. The van der Waals surface area contributed by atoms with Gasteiger partial charge in [0, 0.05) is 10.8 Å². The fourth-order valence-corrected chi connectivity index (χ4v) is 3.93. The molecule has 0 aliphatic rings. The van der Waals surface area contributed by atoms with Gasteiger partial charge >= 0.3 is 0 Å². The van der Waals surface area contributed by atoms with Gasteiger partial charge in [0.1, 0.15) is 6.61 Å². The summed E-state index contributed by atoms with van der Waals surface area (Å²) in [5.41, 5.74) is 6.76. The summed E-state index contributed by atoms with van der Waals surface area (Å²) in [6.45, 7) is 4.85. The number of aryl methyl sites for hydroxylation is 1. The quantitative estimate of drug-likeness (QED) is 0.268. The number of amides is 1. The van der Waals surface area contributed by atoms with Crippen LogP contribution in [0.3, 0.4) is 0 Å². The normalized spacial score (nSPS) is 10.9. The standard InChI is InChI=1S/C26H27ClN2O3S/c1-3-31-25-14-21(11-12-24(25)32-16-22-5-4-6-23(27)13-22)15-28-29-26(30)18-33-17-20-9-7-19(2)8-10-20/h4-15H,3,16-18H2,1-2H3,(H,29,30)/b28-15+. The zero-order chi connectivity index (χ0) is 23.5. The Bertz CT molecular complexity index is 1090. The Morgan fingerprint density at radius 1 is 1.03 bits per heavy atom. The lowest BCUT2D eigenvalue weighted by molar-refractivity contribution is -0.118. The number of hydrogen-bond acceptors (Lipinski definition) is 5. The maximum atomic E-state index is 12.0. The van der Waals surface area contributed by atoms with Gasteiger partial charge < -0.3 is 9.47 Å². The average Bonchev–Trinajstić information content (AvgIpc) is 2.80. The van der Waals surface area contributed by atoms with E-state index in [9.17, 15) is 4.79 Å². The van der Waals surface area contributed by atoms with Crippen LogP contribution in [0.2, 0.25) is 5.02 Å². The minimum atomic E-state index is -0.144. The van der Waals surface area contributed by atoms with Crippen molar-refractivity contribution in [2.75, 3.05) is 12.4 Å². The Balaban J connectivity index is 1.50. The number of carbonyl (C=O) groups excluding carboxylic acids is 1. The molecule has 5 nitrogen and oxygen atoms in total. The van der Waals surface area contributed by atoms with Crippen LogP contribution in [-0.2, 0) is 17.2 Å². The Kier molecular flexibility index (Phi) is 9.66. The zero-order valence-corrected chi connectivity index (χ0v) is 20.3. The van der Waals surface area contributed by atoms with Gasteiger partial charge in [-0.2, -0.15) is 5.10 Å². The van der Waals surface area contributed by atoms with Crippen molar-refractivity contribution in [3.8, 4) is 11.5 Å². The van der Waals surface area contributed by atoms with Crippen LogP contribution in [0.1, 0.15) is 29.2 Å². The molecule has 0 aliphatic heterocycles. The van der Waals surface area contributed by atoms with E-state index >= 15 is 0 Å². The summed E-state index contributed by atoms with van der Waals surface area (Å²) >= 11 is 7.59. The van der Waals surface area contributed by atoms with E-state index in [2.05, 4.69) is 41.7 Å². The predicted molar refractivity (Wildman–Crippen MR) is 136 cm³/mol. The molecule has 33 heavy (non-hydrogen) atoms. The van der Waals surface area contributed by atoms with Crippen LogP contribution < -0.4 is 14.9 Å². The topological polar surface area (TPSA) is 59.9 Å². The molecule has 7 heteroatoms. The number of rotatable bonds is 11. The van der Waals surface area contributed by atoms with E-state index in [0.29, 0.717) is 35.5 Å². The summed E-state index contributed by atoms with van der Waals surface area (Å²) in [5, 5.41) is 4.73. The fourth-order valence-electron chi connectivity index (χ4n) is 2.94. The van der Waals surface area contributed by atoms with Gasteiger partial charge in [-0.25, -0.2) is 5.43 Å². The molecule has 3 aromatic carbocycles. The van der Waals surface area contributed by atoms with Crippen LogP contribution in [0.15, 0.2) is 71.8 Å². The molecule has 3 rings (SSSR count). The second-order valence-corrected chi connectivity index (χ2v) is 8.75. The fraction of sp³-hybridized carbons (Fsp3) is 0.231. The van der Waals surface area contributed by atoms with E-state index in [1.807, 2.05) is 49.4 Å². The van der Waals surface area contributed by atoms with Crippen molar-refractivity contribution in [3.05, 3.63) is 94.0 Å². The lowest BCUT2D eigenvalue weighted by Gasteiger charge is -2.12. The molecule has 0 bridgehead atoms. The monoisotopic (exact) mass is 482 g/mol. The summed E-state index contributed by atoms with van der Waals surface area (Å²) < 4.78 is 11.6. The average molecular weight is 483 g/mol. The maximum Gasteiger partial charge on any atom is 0.250 e. The second-order valence-electron chi connectivity index (χ2n) is 7.33. The molecule has 172 valence electrons. The van der Waals surface area contributed by atoms with Gasteiger partial charge in [0.15, 0.2) is 11.5 Å². The van der Waals surface area contributed by atoms with Crippen LogP contribution in [0.4, 0.5) is 0 Å². The molecule has 0 atom stereocenters. The third kappa shape index (κ3) is 8.48. The molecule has 0 heterocycles. The number of thioether (sulfide) groups is 1. The van der Waals surface area contributed by atoms with Gasteiger partial charge in [-0.1, -0.05) is 53.6 Å². The predicted octanol–water partition coefficient (Wildman–Crippen LogP) is 6.01. The molecular formula is C26H27ClN2O3S. The minimum Gasteiger partial charge on any atom is -0.490 e. The lowest BCUT2D eigenvalue weighted by Crippen LogP contribution is -2.19. The van der Waals surface area contributed by atoms with Crippen molar-refractivity contribution < 1.29 is 14.3 Å². The maximum absolute atomic E-state index is 12.0. The summed E-state index contributed by atoms with van der Waals surface area (Å²) in [4.78, 5) is 12.0. The van der Waals surface area contributed by atoms with Crippen LogP contribution in [0.5, 0.6) is 11.5 Å². The SMILES string of the molecule is CCOc1cc(/C=N/NC(=O)CSCc2ccc(C)cc2)ccc1OCc1cccc(Cl)c1.